The lowest BCUT2D eigenvalue weighted by Gasteiger charge is -2.38. The molecule has 0 unspecified atom stereocenters. The second-order valence-corrected chi connectivity index (χ2v) is 6.02. The van der Waals surface area contributed by atoms with E-state index < -0.39 is 11.4 Å². The van der Waals surface area contributed by atoms with Gasteiger partial charge >= 0.3 is 0 Å². The van der Waals surface area contributed by atoms with Crippen LogP contribution in [0.1, 0.15) is 24.0 Å². The number of benzene rings is 2. The van der Waals surface area contributed by atoms with Crippen LogP contribution in [-0.4, -0.2) is 19.1 Å². The molecular weight excluding hydrogens is 312 g/mol. The van der Waals surface area contributed by atoms with Crippen LogP contribution in [-0.2, 0) is 21.5 Å². The van der Waals surface area contributed by atoms with Gasteiger partial charge in [-0.2, -0.15) is 0 Å². The first-order valence-corrected chi connectivity index (χ1v) is 7.97. The Balaban J connectivity index is 1.82. The van der Waals surface area contributed by atoms with Gasteiger partial charge in [0, 0.05) is 13.2 Å². The number of carbonyl (C=O) groups is 1. The Morgan fingerprint density at radius 2 is 1.83 bits per heavy atom. The summed E-state index contributed by atoms with van der Waals surface area (Å²) >= 11 is 0. The van der Waals surface area contributed by atoms with Crippen LogP contribution in [0.2, 0.25) is 0 Å². The third kappa shape index (κ3) is 3.62. The maximum Gasteiger partial charge on any atom is 0.225 e. The zero-order valence-electron chi connectivity index (χ0n) is 13.2. The number of nitrogens with one attached hydrogen (secondary N) is 1. The molecule has 1 fully saturated rings. The van der Waals surface area contributed by atoms with Crippen molar-refractivity contribution in [3.05, 3.63) is 71.3 Å². The van der Waals surface area contributed by atoms with Gasteiger partial charge in [0.2, 0.25) is 5.91 Å². The summed E-state index contributed by atoms with van der Waals surface area (Å²) in [6, 6.07) is 12.5. The van der Waals surface area contributed by atoms with Crippen molar-refractivity contribution in [3.63, 3.8) is 0 Å². The van der Waals surface area contributed by atoms with E-state index in [4.69, 9.17) is 4.74 Å². The van der Waals surface area contributed by atoms with Crippen molar-refractivity contribution in [2.24, 2.45) is 0 Å². The highest BCUT2D eigenvalue weighted by Crippen LogP contribution is 2.32. The Hall–Kier alpha value is -2.27. The van der Waals surface area contributed by atoms with Crippen molar-refractivity contribution in [1.29, 1.82) is 0 Å². The molecule has 126 valence electrons. The summed E-state index contributed by atoms with van der Waals surface area (Å²) in [4.78, 5) is 12.5. The van der Waals surface area contributed by atoms with Crippen molar-refractivity contribution >= 4 is 5.91 Å². The Morgan fingerprint density at radius 3 is 2.54 bits per heavy atom. The summed E-state index contributed by atoms with van der Waals surface area (Å²) in [6.45, 7) is 0.965. The lowest BCUT2D eigenvalue weighted by atomic mass is 9.82. The summed E-state index contributed by atoms with van der Waals surface area (Å²) in [7, 11) is 0. The smallest absolute Gasteiger partial charge is 0.225 e. The van der Waals surface area contributed by atoms with Gasteiger partial charge in [-0.3, -0.25) is 4.79 Å². The first-order valence-electron chi connectivity index (χ1n) is 7.97. The van der Waals surface area contributed by atoms with Gasteiger partial charge in [0.05, 0.1) is 12.0 Å². The maximum absolute atomic E-state index is 13.8. The van der Waals surface area contributed by atoms with Gasteiger partial charge in [-0.05, 0) is 42.2 Å². The molecule has 0 atom stereocenters. The molecule has 0 saturated carbocycles. The van der Waals surface area contributed by atoms with Crippen LogP contribution in [0.4, 0.5) is 8.78 Å². The largest absolute Gasteiger partial charge is 0.381 e. The van der Waals surface area contributed by atoms with E-state index >= 15 is 0 Å². The summed E-state index contributed by atoms with van der Waals surface area (Å²) < 4.78 is 32.8. The van der Waals surface area contributed by atoms with E-state index in [1.165, 1.54) is 18.2 Å². The fraction of sp³-hybridized carbons (Fsp3) is 0.316. The third-order valence-corrected chi connectivity index (χ3v) is 4.41. The van der Waals surface area contributed by atoms with Gasteiger partial charge in [-0.1, -0.05) is 30.3 Å². The van der Waals surface area contributed by atoms with Gasteiger partial charge < -0.3 is 10.1 Å². The van der Waals surface area contributed by atoms with E-state index in [-0.39, 0.29) is 18.1 Å². The molecule has 24 heavy (non-hydrogen) atoms. The Morgan fingerprint density at radius 1 is 1.08 bits per heavy atom. The fourth-order valence-corrected chi connectivity index (χ4v) is 3.12. The second kappa shape index (κ2) is 7.09. The Bertz CT molecular complexity index is 727. The van der Waals surface area contributed by atoms with Crippen LogP contribution in [0.5, 0.6) is 0 Å². The van der Waals surface area contributed by atoms with E-state index in [1.54, 1.807) is 30.3 Å². The zero-order valence-corrected chi connectivity index (χ0v) is 13.2. The lowest BCUT2D eigenvalue weighted by molar-refractivity contribution is -0.123. The molecule has 0 radical (unpaired) electrons. The molecule has 2 aromatic carbocycles. The number of amides is 1. The molecule has 1 amide bonds. The van der Waals surface area contributed by atoms with Gasteiger partial charge in [-0.15, -0.1) is 0 Å². The standard InChI is InChI=1S/C19H19F2NO2/c20-16-6-3-5-15(13-16)19(8-10-24-11-9-19)22-18(23)12-14-4-1-2-7-17(14)21/h1-7,13H,8-12H2,(H,22,23). The molecule has 0 aliphatic carbocycles. The normalized spacial score (nSPS) is 16.6. The van der Waals surface area contributed by atoms with Crippen molar-refractivity contribution in [1.82, 2.24) is 5.32 Å². The fourth-order valence-electron chi connectivity index (χ4n) is 3.12. The molecular formula is C19H19F2NO2. The van der Waals surface area contributed by atoms with Crippen LogP contribution < -0.4 is 5.32 Å². The minimum absolute atomic E-state index is 0.0510. The SMILES string of the molecule is O=C(Cc1ccccc1F)NC1(c2cccc(F)c2)CCOCC1. The van der Waals surface area contributed by atoms with Crippen LogP contribution >= 0.6 is 0 Å². The van der Waals surface area contributed by atoms with E-state index in [0.717, 1.165) is 0 Å². The number of ether oxygens (including phenoxy) is 1. The Kier molecular flexibility index (Phi) is 4.90. The number of rotatable bonds is 4. The van der Waals surface area contributed by atoms with E-state index in [0.29, 0.717) is 37.2 Å². The minimum Gasteiger partial charge on any atom is -0.381 e. The molecule has 1 N–H and O–H groups in total. The van der Waals surface area contributed by atoms with Crippen LogP contribution in [0.25, 0.3) is 0 Å². The maximum atomic E-state index is 13.8. The Labute approximate surface area is 139 Å². The van der Waals surface area contributed by atoms with Crippen molar-refractivity contribution in [2.75, 3.05) is 13.2 Å². The molecule has 3 nitrogen and oxygen atoms in total. The van der Waals surface area contributed by atoms with Crippen LogP contribution in [0, 0.1) is 11.6 Å². The summed E-state index contributed by atoms with van der Waals surface area (Å²) in [5.41, 5.74) is 0.381. The van der Waals surface area contributed by atoms with Gasteiger partial charge in [0.15, 0.2) is 0 Å². The third-order valence-electron chi connectivity index (χ3n) is 4.41. The first kappa shape index (κ1) is 16.6. The quantitative estimate of drug-likeness (QED) is 0.933. The predicted molar refractivity (Wildman–Crippen MR) is 86.4 cm³/mol. The highest BCUT2D eigenvalue weighted by atomic mass is 19.1. The van der Waals surface area contributed by atoms with Crippen molar-refractivity contribution < 1.29 is 18.3 Å². The lowest BCUT2D eigenvalue weighted by Crippen LogP contribution is -2.50. The predicted octanol–water partition coefficient (Wildman–Crippen LogP) is 3.33. The molecule has 5 heteroatoms. The average Bonchev–Trinajstić information content (AvgIpc) is 2.58. The summed E-state index contributed by atoms with van der Waals surface area (Å²) in [5, 5.41) is 3.00. The molecule has 0 aromatic heterocycles. The van der Waals surface area contributed by atoms with Crippen molar-refractivity contribution in [3.8, 4) is 0 Å². The molecule has 2 aromatic rings. The van der Waals surface area contributed by atoms with Crippen LogP contribution in [0.3, 0.4) is 0 Å². The average molecular weight is 331 g/mol. The minimum atomic E-state index is -0.678. The van der Waals surface area contributed by atoms with Crippen molar-refractivity contribution in [2.45, 2.75) is 24.8 Å². The monoisotopic (exact) mass is 331 g/mol. The number of hydrogen-bond acceptors (Lipinski definition) is 2. The summed E-state index contributed by atoms with van der Waals surface area (Å²) in [5.74, 6) is -1.03. The highest BCUT2D eigenvalue weighted by Gasteiger charge is 2.36. The van der Waals surface area contributed by atoms with Crippen LogP contribution in [0.15, 0.2) is 48.5 Å². The summed E-state index contributed by atoms with van der Waals surface area (Å²) in [6.07, 6.45) is 1.06. The van der Waals surface area contributed by atoms with Gasteiger partial charge in [0.25, 0.3) is 0 Å². The number of hydrogen-bond donors (Lipinski definition) is 1. The molecule has 3 rings (SSSR count). The molecule has 1 heterocycles. The zero-order chi connectivity index (χ0) is 17.0. The molecule has 1 aliphatic rings. The second-order valence-electron chi connectivity index (χ2n) is 6.02. The molecule has 0 bridgehead atoms. The highest BCUT2D eigenvalue weighted by molar-refractivity contribution is 5.79. The molecule has 1 saturated heterocycles. The molecule has 1 aliphatic heterocycles. The number of carbonyl (C=O) groups excluding carboxylic acids is 1. The topological polar surface area (TPSA) is 38.3 Å². The first-order chi connectivity index (χ1) is 11.6. The van der Waals surface area contributed by atoms with E-state index in [1.807, 2.05) is 0 Å². The van der Waals surface area contributed by atoms with E-state index in [9.17, 15) is 13.6 Å². The van der Waals surface area contributed by atoms with Gasteiger partial charge in [-0.25, -0.2) is 8.78 Å². The number of halogens is 2. The van der Waals surface area contributed by atoms with Gasteiger partial charge in [0.1, 0.15) is 11.6 Å². The van der Waals surface area contributed by atoms with E-state index in [2.05, 4.69) is 5.32 Å². The molecule has 0 spiro atoms.